The third-order valence-corrected chi connectivity index (χ3v) is 1.11. The fourth-order valence-electron chi connectivity index (χ4n) is 0.506. The van der Waals surface area contributed by atoms with E-state index in [0.29, 0.717) is 0 Å². The molecule has 0 aromatic heterocycles. The number of nitrogens with zero attached hydrogens (tertiary/aromatic N) is 1. The Morgan fingerprint density at radius 2 is 2.21 bits per heavy atom. The third-order valence-electron chi connectivity index (χ3n) is 1.11. The Morgan fingerprint density at radius 1 is 1.57 bits per heavy atom. The molecule has 0 aliphatic carbocycles. The minimum Gasteiger partial charge on any atom is -0.460 e. The van der Waals surface area contributed by atoms with Crippen LogP contribution in [0.5, 0.6) is 0 Å². The summed E-state index contributed by atoms with van der Waals surface area (Å²) in [7, 11) is 0. The molecule has 0 aliphatic rings. The van der Waals surface area contributed by atoms with Crippen molar-refractivity contribution in [1.29, 1.82) is 0 Å². The van der Waals surface area contributed by atoms with Crippen molar-refractivity contribution in [3.63, 3.8) is 0 Å². The largest absolute Gasteiger partial charge is 0.460 e. The molecule has 0 saturated carbocycles. The van der Waals surface area contributed by atoms with E-state index in [1.54, 1.807) is 0 Å². The van der Waals surface area contributed by atoms with E-state index in [9.17, 15) is 14.4 Å². The highest BCUT2D eigenvalue weighted by atomic mass is 16.5. The van der Waals surface area contributed by atoms with Crippen LogP contribution in [0.2, 0.25) is 0 Å². The van der Waals surface area contributed by atoms with Crippen LogP contribution in [0.1, 0.15) is 6.92 Å². The predicted octanol–water partition coefficient (Wildman–Crippen LogP) is 0.151. The first kappa shape index (κ1) is 12.1. The first-order valence-corrected chi connectivity index (χ1v) is 3.76. The van der Waals surface area contributed by atoms with Crippen molar-refractivity contribution in [3.05, 3.63) is 12.2 Å². The van der Waals surface area contributed by atoms with E-state index in [2.05, 4.69) is 21.6 Å². The molecule has 6 heteroatoms. The van der Waals surface area contributed by atoms with Gasteiger partial charge in [-0.25, -0.2) is 14.4 Å². The van der Waals surface area contributed by atoms with Gasteiger partial charge in [-0.15, -0.1) is 4.99 Å². The van der Waals surface area contributed by atoms with Gasteiger partial charge < -0.3 is 10.1 Å². The number of isocyanates is 1. The number of amides is 2. The van der Waals surface area contributed by atoms with Crippen LogP contribution >= 0.6 is 0 Å². The van der Waals surface area contributed by atoms with E-state index >= 15 is 0 Å². The van der Waals surface area contributed by atoms with Crippen LogP contribution in [0.3, 0.4) is 0 Å². The van der Waals surface area contributed by atoms with Crippen molar-refractivity contribution in [2.45, 2.75) is 6.92 Å². The van der Waals surface area contributed by atoms with Crippen LogP contribution < -0.4 is 5.32 Å². The molecule has 0 unspecified atom stereocenters. The van der Waals surface area contributed by atoms with E-state index in [4.69, 9.17) is 0 Å². The Labute approximate surface area is 80.6 Å². The third kappa shape index (κ3) is 5.68. The van der Waals surface area contributed by atoms with Crippen LogP contribution in [-0.2, 0) is 14.3 Å². The second-order valence-electron chi connectivity index (χ2n) is 2.35. The summed E-state index contributed by atoms with van der Waals surface area (Å²) in [5, 5.41) is 2.20. The Morgan fingerprint density at radius 3 is 2.71 bits per heavy atom. The molecule has 0 aromatic carbocycles. The number of rotatable bonds is 4. The van der Waals surface area contributed by atoms with Crippen molar-refractivity contribution >= 4 is 18.1 Å². The van der Waals surface area contributed by atoms with E-state index in [-0.39, 0.29) is 18.7 Å². The fraction of sp³-hybridized carbons (Fsp3) is 0.375. The van der Waals surface area contributed by atoms with Crippen molar-refractivity contribution in [1.82, 2.24) is 5.32 Å². The number of hydrogen-bond acceptors (Lipinski definition) is 4. The van der Waals surface area contributed by atoms with Gasteiger partial charge in [0.25, 0.3) is 0 Å². The molecule has 0 aromatic rings. The van der Waals surface area contributed by atoms with E-state index < -0.39 is 12.0 Å². The van der Waals surface area contributed by atoms with Crippen molar-refractivity contribution < 1.29 is 19.1 Å². The average Bonchev–Trinajstić information content (AvgIpc) is 2.12. The smallest absolute Gasteiger partial charge is 0.351 e. The molecule has 2 amide bonds. The summed E-state index contributed by atoms with van der Waals surface area (Å²) in [5.74, 6) is -0.530. The van der Waals surface area contributed by atoms with Gasteiger partial charge in [-0.2, -0.15) is 0 Å². The Bertz CT molecular complexity index is 276. The zero-order valence-electron chi connectivity index (χ0n) is 7.70. The molecule has 76 valence electrons. The molecule has 0 aliphatic heterocycles. The summed E-state index contributed by atoms with van der Waals surface area (Å²) in [6.07, 6.45) is 1.08. The number of carbonyl (C=O) groups is 2. The highest BCUT2D eigenvalue weighted by Gasteiger charge is 2.02. The van der Waals surface area contributed by atoms with Crippen LogP contribution in [0.25, 0.3) is 0 Å². The summed E-state index contributed by atoms with van der Waals surface area (Å²) in [6.45, 7) is 4.97. The minimum atomic E-state index is -0.814. The summed E-state index contributed by atoms with van der Waals surface area (Å²) < 4.78 is 4.64. The molecular formula is C8H10N2O4. The number of carbonyl (C=O) groups excluding carboxylic acids is 3. The molecule has 14 heavy (non-hydrogen) atoms. The summed E-state index contributed by atoms with van der Waals surface area (Å²) in [6, 6.07) is -0.814. The summed E-state index contributed by atoms with van der Waals surface area (Å²) >= 11 is 0. The molecule has 6 nitrogen and oxygen atoms in total. The lowest BCUT2D eigenvalue weighted by atomic mass is 10.4. The van der Waals surface area contributed by atoms with Crippen LogP contribution in [0, 0.1) is 0 Å². The van der Waals surface area contributed by atoms with Gasteiger partial charge in [0.05, 0.1) is 6.54 Å². The topological polar surface area (TPSA) is 84.8 Å². The molecule has 0 rings (SSSR count). The first-order chi connectivity index (χ1) is 6.57. The number of aliphatic imine (C=N–C) groups is 1. The second kappa shape index (κ2) is 6.56. The molecule has 0 spiro atoms. The van der Waals surface area contributed by atoms with E-state index in [1.165, 1.54) is 6.92 Å². The van der Waals surface area contributed by atoms with Crippen molar-refractivity contribution in [3.8, 4) is 0 Å². The number of ether oxygens (including phenoxy) is 1. The number of urea groups is 1. The highest BCUT2D eigenvalue weighted by molar-refractivity contribution is 5.87. The lowest BCUT2D eigenvalue weighted by molar-refractivity contribution is -0.138. The zero-order chi connectivity index (χ0) is 11.0. The van der Waals surface area contributed by atoms with Gasteiger partial charge in [0.2, 0.25) is 6.08 Å². The molecule has 0 bridgehead atoms. The van der Waals surface area contributed by atoms with Gasteiger partial charge in [-0.3, -0.25) is 0 Å². The van der Waals surface area contributed by atoms with Crippen molar-refractivity contribution in [2.75, 3.05) is 13.2 Å². The molecule has 0 heterocycles. The zero-order valence-corrected chi connectivity index (χ0v) is 7.70. The molecule has 1 N–H and O–H groups in total. The van der Waals surface area contributed by atoms with E-state index in [0.717, 1.165) is 6.08 Å². The lowest BCUT2D eigenvalue weighted by Crippen LogP contribution is -2.25. The molecule has 0 radical (unpaired) electrons. The van der Waals surface area contributed by atoms with Crippen LogP contribution in [0.15, 0.2) is 17.1 Å². The maximum absolute atomic E-state index is 10.8. The standard InChI is InChI=1S/C8H10N2O4/c1-6(2)7(12)14-4-3-9-8(13)10-5-11/h1,3-4H2,2H3,(H,9,13). The van der Waals surface area contributed by atoms with Gasteiger partial charge in [-0.05, 0) is 6.92 Å². The quantitative estimate of drug-likeness (QED) is 0.229. The fourth-order valence-corrected chi connectivity index (χ4v) is 0.506. The van der Waals surface area contributed by atoms with Gasteiger partial charge >= 0.3 is 12.0 Å². The Balaban J connectivity index is 3.57. The minimum absolute atomic E-state index is 0.00576. The second-order valence-corrected chi connectivity index (χ2v) is 2.35. The Hall–Kier alpha value is -1.94. The first-order valence-electron chi connectivity index (χ1n) is 3.76. The maximum atomic E-state index is 10.8. The van der Waals surface area contributed by atoms with Gasteiger partial charge in [0.1, 0.15) is 6.61 Å². The number of nitrogens with one attached hydrogen (secondary N) is 1. The van der Waals surface area contributed by atoms with Gasteiger partial charge in [0.15, 0.2) is 0 Å². The lowest BCUT2D eigenvalue weighted by Gasteiger charge is -2.03. The number of hydrogen-bond donors (Lipinski definition) is 1. The normalized spacial score (nSPS) is 8.36. The van der Waals surface area contributed by atoms with Crippen LogP contribution in [-0.4, -0.2) is 31.2 Å². The average molecular weight is 198 g/mol. The van der Waals surface area contributed by atoms with Gasteiger partial charge in [-0.1, -0.05) is 6.58 Å². The monoisotopic (exact) mass is 198 g/mol. The van der Waals surface area contributed by atoms with Crippen LogP contribution in [0.4, 0.5) is 4.79 Å². The highest BCUT2D eigenvalue weighted by Crippen LogP contribution is 1.90. The van der Waals surface area contributed by atoms with E-state index in [1.807, 2.05) is 0 Å². The summed E-state index contributed by atoms with van der Waals surface area (Å²) in [4.78, 5) is 33.7. The predicted molar refractivity (Wildman–Crippen MR) is 47.3 cm³/mol. The SMILES string of the molecule is C=C(C)C(=O)OCCNC(=O)N=C=O. The molecule has 0 saturated heterocycles. The van der Waals surface area contributed by atoms with Gasteiger partial charge in [0, 0.05) is 5.57 Å². The van der Waals surface area contributed by atoms with Crippen molar-refractivity contribution in [2.24, 2.45) is 4.99 Å². The number of esters is 1. The molecule has 0 atom stereocenters. The molecule has 0 fully saturated rings. The molecular weight excluding hydrogens is 188 g/mol. The Kier molecular flexibility index (Phi) is 5.65. The maximum Gasteiger partial charge on any atom is 0.351 e. The summed E-state index contributed by atoms with van der Waals surface area (Å²) in [5.41, 5.74) is 0.280.